The molecular weight excluding hydrogens is 410 g/mol. The van der Waals surface area contributed by atoms with E-state index in [1.807, 2.05) is 25.1 Å². The van der Waals surface area contributed by atoms with Crippen LogP contribution in [0.4, 0.5) is 5.69 Å². The van der Waals surface area contributed by atoms with Crippen molar-refractivity contribution in [3.63, 3.8) is 0 Å². The van der Waals surface area contributed by atoms with Crippen LogP contribution in [0.15, 0.2) is 83.8 Å². The third kappa shape index (κ3) is 2.95. The van der Waals surface area contributed by atoms with Crippen molar-refractivity contribution in [3.05, 3.63) is 95.6 Å². The van der Waals surface area contributed by atoms with Gasteiger partial charge in [0.15, 0.2) is 0 Å². The number of hydrogen-bond donors (Lipinski definition) is 0. The van der Waals surface area contributed by atoms with E-state index in [9.17, 15) is 18.5 Å². The molecular formula is C24H19N3O3S. The molecule has 31 heavy (non-hydrogen) atoms. The molecule has 7 heteroatoms. The lowest BCUT2D eigenvalue weighted by molar-refractivity contribution is 0.0979. The molecule has 4 atom stereocenters. The van der Waals surface area contributed by atoms with Crippen molar-refractivity contribution in [1.82, 2.24) is 4.31 Å². The molecule has 1 amide bonds. The van der Waals surface area contributed by atoms with Crippen molar-refractivity contribution in [2.45, 2.75) is 29.9 Å². The average molecular weight is 430 g/mol. The van der Waals surface area contributed by atoms with E-state index in [0.29, 0.717) is 11.3 Å². The number of anilines is 1. The predicted molar refractivity (Wildman–Crippen MR) is 116 cm³/mol. The molecule has 1 fully saturated rings. The Hall–Kier alpha value is -3.47. The van der Waals surface area contributed by atoms with Gasteiger partial charge in [-0.05, 0) is 42.8 Å². The summed E-state index contributed by atoms with van der Waals surface area (Å²) in [4.78, 5) is 15.0. The Balaban J connectivity index is 1.61. The minimum absolute atomic E-state index is 0.183. The summed E-state index contributed by atoms with van der Waals surface area (Å²) < 4.78 is 28.2. The fraction of sp³-hybridized carbons (Fsp3) is 0.167. The van der Waals surface area contributed by atoms with Gasteiger partial charge in [0.2, 0.25) is 10.0 Å². The summed E-state index contributed by atoms with van der Waals surface area (Å²) in [5.41, 5.74) is 2.72. The second-order valence-electron chi connectivity index (χ2n) is 7.76. The monoisotopic (exact) mass is 429 g/mol. The van der Waals surface area contributed by atoms with Gasteiger partial charge >= 0.3 is 0 Å². The van der Waals surface area contributed by atoms with E-state index in [4.69, 9.17) is 0 Å². The first kappa shape index (κ1) is 19.5. The molecule has 0 saturated carbocycles. The Bertz CT molecular complexity index is 1310. The predicted octanol–water partition coefficient (Wildman–Crippen LogP) is 3.66. The van der Waals surface area contributed by atoms with Gasteiger partial charge in [0.05, 0.1) is 28.7 Å². The molecule has 3 aromatic carbocycles. The van der Waals surface area contributed by atoms with Crippen LogP contribution in [-0.4, -0.2) is 30.7 Å². The molecule has 6 nitrogen and oxygen atoms in total. The SMILES string of the molecule is Cc1ccc(S(=O)(=O)N2[C@@H]3[C@@H](C#N)N(C(=O)c4ccccc4)c4ccccc4[C@@H]32)cc1. The number of amides is 1. The number of para-hydroxylation sites is 1. The van der Waals surface area contributed by atoms with Crippen LogP contribution in [0.1, 0.15) is 27.5 Å². The molecule has 3 aromatic rings. The number of rotatable bonds is 3. The van der Waals surface area contributed by atoms with Gasteiger partial charge in [-0.3, -0.25) is 9.69 Å². The topological polar surface area (TPSA) is 81.2 Å². The zero-order valence-corrected chi connectivity index (χ0v) is 17.5. The molecule has 2 aliphatic rings. The third-order valence-corrected chi connectivity index (χ3v) is 7.78. The van der Waals surface area contributed by atoms with E-state index in [1.54, 1.807) is 60.7 Å². The summed E-state index contributed by atoms with van der Waals surface area (Å²) in [5.74, 6) is -0.322. The van der Waals surface area contributed by atoms with Gasteiger partial charge in [0.1, 0.15) is 6.04 Å². The maximum Gasteiger partial charge on any atom is 0.259 e. The number of benzene rings is 3. The zero-order valence-electron chi connectivity index (χ0n) is 16.7. The molecule has 1 saturated heterocycles. The second kappa shape index (κ2) is 7.05. The van der Waals surface area contributed by atoms with Crippen molar-refractivity contribution < 1.29 is 13.2 Å². The largest absolute Gasteiger partial charge is 0.290 e. The summed E-state index contributed by atoms with van der Waals surface area (Å²) >= 11 is 0. The molecule has 154 valence electrons. The molecule has 2 heterocycles. The molecule has 0 aromatic heterocycles. The maximum atomic E-state index is 13.4. The van der Waals surface area contributed by atoms with Crippen molar-refractivity contribution in [3.8, 4) is 6.07 Å². The van der Waals surface area contributed by atoms with Crippen LogP contribution in [-0.2, 0) is 10.0 Å². The van der Waals surface area contributed by atoms with Gasteiger partial charge in [-0.2, -0.15) is 9.57 Å². The van der Waals surface area contributed by atoms with Gasteiger partial charge < -0.3 is 0 Å². The van der Waals surface area contributed by atoms with Gasteiger partial charge in [-0.15, -0.1) is 0 Å². The Labute approximate surface area is 181 Å². The number of nitrogens with zero attached hydrogens (tertiary/aromatic N) is 3. The fourth-order valence-corrected chi connectivity index (χ4v) is 6.11. The van der Waals surface area contributed by atoms with Crippen LogP contribution in [0.5, 0.6) is 0 Å². The lowest BCUT2D eigenvalue weighted by Crippen LogP contribution is -2.46. The molecule has 0 aliphatic carbocycles. The van der Waals surface area contributed by atoms with E-state index in [1.165, 1.54) is 9.21 Å². The average Bonchev–Trinajstić information content (AvgIpc) is 3.55. The van der Waals surface area contributed by atoms with E-state index in [2.05, 4.69) is 6.07 Å². The quantitative estimate of drug-likeness (QED) is 0.595. The molecule has 2 aliphatic heterocycles. The first-order valence-corrected chi connectivity index (χ1v) is 11.4. The highest BCUT2D eigenvalue weighted by Gasteiger charge is 2.65. The number of carbonyl (C=O) groups is 1. The molecule has 0 N–H and O–H groups in total. The van der Waals surface area contributed by atoms with Crippen molar-refractivity contribution >= 4 is 21.6 Å². The minimum atomic E-state index is -3.82. The number of sulfonamides is 1. The van der Waals surface area contributed by atoms with E-state index < -0.39 is 28.1 Å². The van der Waals surface area contributed by atoms with Crippen LogP contribution >= 0.6 is 0 Å². The Morgan fingerprint density at radius 2 is 1.58 bits per heavy atom. The molecule has 0 radical (unpaired) electrons. The highest BCUT2D eigenvalue weighted by molar-refractivity contribution is 7.89. The summed E-state index contributed by atoms with van der Waals surface area (Å²) in [6.45, 7) is 1.89. The van der Waals surface area contributed by atoms with E-state index >= 15 is 0 Å². The van der Waals surface area contributed by atoms with Crippen molar-refractivity contribution in [2.75, 3.05) is 4.90 Å². The second-order valence-corrected chi connectivity index (χ2v) is 9.60. The first-order chi connectivity index (χ1) is 14.9. The Kier molecular flexibility index (Phi) is 4.43. The van der Waals surface area contributed by atoms with E-state index in [-0.39, 0.29) is 10.8 Å². The Morgan fingerprint density at radius 3 is 2.26 bits per heavy atom. The number of hydrogen-bond acceptors (Lipinski definition) is 4. The highest BCUT2D eigenvalue weighted by atomic mass is 32.2. The highest BCUT2D eigenvalue weighted by Crippen LogP contribution is 2.56. The maximum absolute atomic E-state index is 13.4. The number of nitriles is 1. The third-order valence-electron chi connectivity index (χ3n) is 5.89. The van der Waals surface area contributed by atoms with Gasteiger partial charge in [0.25, 0.3) is 5.91 Å². The molecule has 5 rings (SSSR count). The number of aryl methyl sites for hydroxylation is 1. The van der Waals surface area contributed by atoms with Crippen LogP contribution in [0.2, 0.25) is 0 Å². The van der Waals surface area contributed by atoms with Crippen LogP contribution in [0, 0.1) is 18.3 Å². The van der Waals surface area contributed by atoms with Gasteiger partial charge in [-0.25, -0.2) is 8.42 Å². The molecule has 0 spiro atoms. The standard InChI is InChI=1S/C24H19N3O3S/c1-16-11-13-18(14-12-16)31(29,30)27-22-19-9-5-6-10-20(19)26(21(15-25)23(22)27)24(28)17-7-3-2-4-8-17/h2-14,21-23H,1H3/t21-,22+,23-,27?/m1/s1. The Morgan fingerprint density at radius 1 is 0.935 bits per heavy atom. The normalized spacial score (nSPS) is 23.9. The van der Waals surface area contributed by atoms with Crippen LogP contribution < -0.4 is 4.90 Å². The summed E-state index contributed by atoms with van der Waals surface area (Å²) in [7, 11) is -3.82. The lowest BCUT2D eigenvalue weighted by atomic mass is 9.95. The summed E-state index contributed by atoms with van der Waals surface area (Å²) in [6, 6.07) is 22.8. The van der Waals surface area contributed by atoms with Gasteiger partial charge in [0, 0.05) is 5.56 Å². The smallest absolute Gasteiger partial charge is 0.259 e. The zero-order chi connectivity index (χ0) is 21.8. The van der Waals surface area contributed by atoms with E-state index in [0.717, 1.165) is 11.1 Å². The molecule has 0 bridgehead atoms. The van der Waals surface area contributed by atoms with Crippen molar-refractivity contribution in [2.24, 2.45) is 0 Å². The van der Waals surface area contributed by atoms with Crippen LogP contribution in [0.25, 0.3) is 0 Å². The van der Waals surface area contributed by atoms with Crippen molar-refractivity contribution in [1.29, 1.82) is 5.26 Å². The first-order valence-electron chi connectivity index (χ1n) is 9.92. The molecule has 1 unspecified atom stereocenters. The number of carbonyl (C=O) groups excluding carboxylic acids is 1. The summed E-state index contributed by atoms with van der Waals surface area (Å²) in [5, 5.41) is 10.0. The van der Waals surface area contributed by atoms with Crippen LogP contribution in [0.3, 0.4) is 0 Å². The number of fused-ring (bicyclic) bond motifs is 3. The lowest BCUT2D eigenvalue weighted by Gasteiger charge is -2.32. The fourth-order valence-electron chi connectivity index (χ4n) is 4.35. The summed E-state index contributed by atoms with van der Waals surface area (Å²) in [6.07, 6.45) is 0. The minimum Gasteiger partial charge on any atom is -0.290 e. The van der Waals surface area contributed by atoms with Gasteiger partial charge in [-0.1, -0.05) is 54.1 Å².